The smallest absolute Gasteiger partial charge is 0.227 e. The fourth-order valence-corrected chi connectivity index (χ4v) is 2.33. The van der Waals surface area contributed by atoms with Crippen molar-refractivity contribution in [3.05, 3.63) is 0 Å². The topological polar surface area (TPSA) is 64.3 Å². The van der Waals surface area contributed by atoms with Gasteiger partial charge in [-0.3, -0.25) is 4.79 Å². The lowest BCUT2D eigenvalue weighted by Crippen LogP contribution is -2.48. The summed E-state index contributed by atoms with van der Waals surface area (Å²) in [5.41, 5.74) is 5.63. The number of rotatable bonds is 7. The normalized spacial score (nSPS) is 27.7. The van der Waals surface area contributed by atoms with Gasteiger partial charge in [0.25, 0.3) is 0 Å². The van der Waals surface area contributed by atoms with Crippen molar-refractivity contribution in [1.82, 2.24) is 5.32 Å². The number of hydrogen-bond acceptors (Lipinski definition) is 3. The molecular weight excluding hydrogens is 228 g/mol. The zero-order chi connectivity index (χ0) is 13.6. The highest BCUT2D eigenvalue weighted by Gasteiger charge is 2.42. The third-order valence-electron chi connectivity index (χ3n) is 3.92. The molecule has 2 atom stereocenters. The van der Waals surface area contributed by atoms with E-state index in [1.807, 2.05) is 6.92 Å². The Balaban J connectivity index is 2.14. The molecule has 18 heavy (non-hydrogen) atoms. The maximum atomic E-state index is 12.1. The van der Waals surface area contributed by atoms with Crippen molar-refractivity contribution in [2.75, 3.05) is 19.8 Å². The molecule has 1 aliphatic rings. The van der Waals surface area contributed by atoms with E-state index in [0.29, 0.717) is 19.1 Å². The molecule has 1 rings (SSSR count). The van der Waals surface area contributed by atoms with Gasteiger partial charge in [-0.1, -0.05) is 20.3 Å². The van der Waals surface area contributed by atoms with Gasteiger partial charge in [-0.15, -0.1) is 0 Å². The van der Waals surface area contributed by atoms with Crippen LogP contribution in [0.2, 0.25) is 0 Å². The second-order valence-corrected chi connectivity index (χ2v) is 5.97. The average Bonchev–Trinajstić information content (AvgIpc) is 2.65. The maximum absolute atomic E-state index is 12.1. The van der Waals surface area contributed by atoms with E-state index in [9.17, 15) is 4.79 Å². The predicted molar refractivity (Wildman–Crippen MR) is 73.2 cm³/mol. The Morgan fingerprint density at radius 2 is 2.22 bits per heavy atom. The predicted octanol–water partition coefficient (Wildman–Crippen LogP) is 1.68. The third-order valence-corrected chi connectivity index (χ3v) is 3.92. The second-order valence-electron chi connectivity index (χ2n) is 5.97. The summed E-state index contributed by atoms with van der Waals surface area (Å²) in [6.07, 6.45) is 3.97. The third kappa shape index (κ3) is 4.25. The van der Waals surface area contributed by atoms with E-state index < -0.39 is 0 Å². The van der Waals surface area contributed by atoms with Crippen molar-refractivity contribution >= 4 is 5.91 Å². The fraction of sp³-hybridized carbons (Fsp3) is 0.929. The molecule has 0 spiro atoms. The molecule has 4 heteroatoms. The number of nitrogens with two attached hydrogens (primary N) is 1. The molecule has 0 bridgehead atoms. The molecule has 0 radical (unpaired) electrons. The summed E-state index contributed by atoms with van der Waals surface area (Å²) >= 11 is 0. The van der Waals surface area contributed by atoms with Crippen molar-refractivity contribution in [1.29, 1.82) is 0 Å². The number of carbonyl (C=O) groups is 1. The SMILES string of the molecule is CC(C)CCOCCNC(=O)C1(C)CCCC1N. The summed E-state index contributed by atoms with van der Waals surface area (Å²) in [5.74, 6) is 0.745. The molecule has 0 aromatic carbocycles. The zero-order valence-corrected chi connectivity index (χ0v) is 12.0. The molecule has 0 aromatic heterocycles. The van der Waals surface area contributed by atoms with E-state index in [1.165, 1.54) is 0 Å². The van der Waals surface area contributed by atoms with Crippen LogP contribution < -0.4 is 11.1 Å². The van der Waals surface area contributed by atoms with Crippen LogP contribution in [0.4, 0.5) is 0 Å². The molecule has 0 saturated heterocycles. The minimum atomic E-state index is -0.377. The van der Waals surface area contributed by atoms with Crippen LogP contribution in [-0.2, 0) is 9.53 Å². The Labute approximate surface area is 111 Å². The molecule has 0 heterocycles. The quantitative estimate of drug-likeness (QED) is 0.681. The highest BCUT2D eigenvalue weighted by Crippen LogP contribution is 2.36. The van der Waals surface area contributed by atoms with Crippen molar-refractivity contribution in [2.24, 2.45) is 17.1 Å². The largest absolute Gasteiger partial charge is 0.380 e. The summed E-state index contributed by atoms with van der Waals surface area (Å²) in [5, 5.41) is 2.94. The first-order valence-corrected chi connectivity index (χ1v) is 7.08. The van der Waals surface area contributed by atoms with E-state index in [1.54, 1.807) is 0 Å². The van der Waals surface area contributed by atoms with E-state index in [0.717, 1.165) is 32.3 Å². The summed E-state index contributed by atoms with van der Waals surface area (Å²) in [7, 11) is 0. The first kappa shape index (κ1) is 15.4. The molecule has 1 amide bonds. The molecule has 1 saturated carbocycles. The average molecular weight is 256 g/mol. The van der Waals surface area contributed by atoms with Crippen molar-refractivity contribution in [2.45, 2.75) is 52.5 Å². The Hall–Kier alpha value is -0.610. The van der Waals surface area contributed by atoms with E-state index in [-0.39, 0.29) is 17.4 Å². The lowest BCUT2D eigenvalue weighted by molar-refractivity contribution is -0.130. The summed E-state index contributed by atoms with van der Waals surface area (Å²) in [4.78, 5) is 12.1. The minimum absolute atomic E-state index is 0.000593. The van der Waals surface area contributed by atoms with Crippen LogP contribution in [0.15, 0.2) is 0 Å². The number of amides is 1. The van der Waals surface area contributed by atoms with Crippen LogP contribution in [-0.4, -0.2) is 31.7 Å². The van der Waals surface area contributed by atoms with E-state index in [2.05, 4.69) is 19.2 Å². The number of hydrogen-bond donors (Lipinski definition) is 2. The standard InChI is InChI=1S/C14H28N2O2/c1-11(2)6-9-18-10-8-16-13(17)14(3)7-4-5-12(14)15/h11-12H,4-10,15H2,1-3H3,(H,16,17). The van der Waals surface area contributed by atoms with Crippen LogP contribution in [0, 0.1) is 11.3 Å². The Morgan fingerprint density at radius 1 is 1.50 bits per heavy atom. The van der Waals surface area contributed by atoms with E-state index >= 15 is 0 Å². The molecule has 106 valence electrons. The van der Waals surface area contributed by atoms with Gasteiger partial charge in [0.05, 0.1) is 12.0 Å². The molecule has 1 aliphatic carbocycles. The molecule has 4 nitrogen and oxygen atoms in total. The van der Waals surface area contributed by atoms with Gasteiger partial charge in [0, 0.05) is 19.2 Å². The van der Waals surface area contributed by atoms with Crippen LogP contribution >= 0.6 is 0 Å². The van der Waals surface area contributed by atoms with Gasteiger partial charge in [-0.05, 0) is 32.1 Å². The lowest BCUT2D eigenvalue weighted by atomic mass is 9.84. The van der Waals surface area contributed by atoms with Crippen molar-refractivity contribution in [3.63, 3.8) is 0 Å². The van der Waals surface area contributed by atoms with Crippen LogP contribution in [0.1, 0.15) is 46.5 Å². The van der Waals surface area contributed by atoms with Crippen LogP contribution in [0.3, 0.4) is 0 Å². The van der Waals surface area contributed by atoms with Gasteiger partial charge in [0.15, 0.2) is 0 Å². The van der Waals surface area contributed by atoms with Gasteiger partial charge in [-0.25, -0.2) is 0 Å². The molecule has 1 fully saturated rings. The summed E-state index contributed by atoms with van der Waals surface area (Å²) < 4.78 is 5.47. The summed E-state index contributed by atoms with van der Waals surface area (Å²) in [6.45, 7) is 8.26. The zero-order valence-electron chi connectivity index (χ0n) is 12.0. The fourth-order valence-electron chi connectivity index (χ4n) is 2.33. The van der Waals surface area contributed by atoms with E-state index in [4.69, 9.17) is 10.5 Å². The molecule has 0 aromatic rings. The van der Waals surface area contributed by atoms with Gasteiger partial charge in [-0.2, -0.15) is 0 Å². The highest BCUT2D eigenvalue weighted by atomic mass is 16.5. The monoisotopic (exact) mass is 256 g/mol. The van der Waals surface area contributed by atoms with Gasteiger partial charge in [0.2, 0.25) is 5.91 Å². The Bertz CT molecular complexity index is 269. The molecule has 3 N–H and O–H groups in total. The first-order chi connectivity index (χ1) is 8.47. The molecule has 0 aliphatic heterocycles. The summed E-state index contributed by atoms with van der Waals surface area (Å²) in [6, 6.07) is -0.000593. The number of nitrogens with one attached hydrogen (secondary N) is 1. The number of carbonyl (C=O) groups excluding carboxylic acids is 1. The molecule has 2 unspecified atom stereocenters. The van der Waals surface area contributed by atoms with Gasteiger partial charge < -0.3 is 15.8 Å². The Kier molecular flexibility index (Phi) is 6.09. The first-order valence-electron chi connectivity index (χ1n) is 7.08. The Morgan fingerprint density at radius 3 is 2.78 bits per heavy atom. The van der Waals surface area contributed by atoms with Crippen LogP contribution in [0.5, 0.6) is 0 Å². The maximum Gasteiger partial charge on any atom is 0.227 e. The highest BCUT2D eigenvalue weighted by molar-refractivity contribution is 5.83. The van der Waals surface area contributed by atoms with Gasteiger partial charge in [0.1, 0.15) is 0 Å². The van der Waals surface area contributed by atoms with Gasteiger partial charge >= 0.3 is 0 Å². The van der Waals surface area contributed by atoms with Crippen molar-refractivity contribution < 1.29 is 9.53 Å². The molecular formula is C14H28N2O2. The minimum Gasteiger partial charge on any atom is -0.380 e. The number of ether oxygens (including phenoxy) is 1. The second kappa shape index (κ2) is 7.10. The van der Waals surface area contributed by atoms with Crippen LogP contribution in [0.25, 0.3) is 0 Å². The lowest BCUT2D eigenvalue weighted by Gasteiger charge is -2.27. The van der Waals surface area contributed by atoms with Crippen molar-refractivity contribution in [3.8, 4) is 0 Å².